The fraction of sp³-hybridized carbons (Fsp3) is 0.0833. The van der Waals surface area contributed by atoms with Gasteiger partial charge in [0.15, 0.2) is 11.0 Å². The topological polar surface area (TPSA) is 61.6 Å². The van der Waals surface area contributed by atoms with Crippen LogP contribution >= 0.6 is 21.0 Å². The number of anilines is 2. The third-order valence-corrected chi connectivity index (χ3v) is 3.38. The summed E-state index contributed by atoms with van der Waals surface area (Å²) in [5, 5.41) is 12.0. The zero-order valence-electron chi connectivity index (χ0n) is 10.3. The number of nitrogens with one attached hydrogen (secondary N) is 1. The van der Waals surface area contributed by atoms with Crippen molar-refractivity contribution in [2.75, 3.05) is 11.6 Å². The largest absolute Gasteiger partial charge is 0.334 e. The maximum absolute atomic E-state index is 13.6. The Labute approximate surface area is 120 Å². The minimum Gasteiger partial charge on any atom is -0.334 e. The van der Waals surface area contributed by atoms with Gasteiger partial charge in [-0.15, -0.1) is 0 Å². The molecule has 0 aliphatic carbocycles. The van der Waals surface area contributed by atoms with Crippen LogP contribution in [0.5, 0.6) is 0 Å². The average molecular weight is 310 g/mol. The highest BCUT2D eigenvalue weighted by molar-refractivity contribution is 7.98. The molecule has 0 radical (unpaired) electrons. The molecule has 0 aliphatic rings. The molecule has 0 saturated carbocycles. The lowest BCUT2D eigenvalue weighted by Gasteiger charge is -2.11. The Morgan fingerprint density at radius 1 is 1.30 bits per heavy atom. The number of aromatic nitrogens is 2. The second kappa shape index (κ2) is 6.12. The SMILES string of the molecule is CSc1nc(P)c(C#N)c(Nc2c(F)cccc2F)n1. The Morgan fingerprint density at radius 2 is 1.95 bits per heavy atom. The maximum Gasteiger partial charge on any atom is 0.189 e. The summed E-state index contributed by atoms with van der Waals surface area (Å²) < 4.78 is 27.2. The minimum absolute atomic E-state index is 0.0702. The van der Waals surface area contributed by atoms with E-state index in [1.54, 1.807) is 6.26 Å². The van der Waals surface area contributed by atoms with Crippen molar-refractivity contribution in [3.63, 3.8) is 0 Å². The molecule has 2 rings (SSSR count). The molecule has 20 heavy (non-hydrogen) atoms. The summed E-state index contributed by atoms with van der Waals surface area (Å²) in [5.41, 5.74) is 0.140. The smallest absolute Gasteiger partial charge is 0.189 e. The second-order valence-corrected chi connectivity index (χ2v) is 4.97. The average Bonchev–Trinajstić information content (AvgIpc) is 2.42. The van der Waals surface area contributed by atoms with Gasteiger partial charge in [-0.05, 0) is 18.4 Å². The molecule has 8 heteroatoms. The van der Waals surface area contributed by atoms with Gasteiger partial charge in [-0.1, -0.05) is 27.1 Å². The molecular weight excluding hydrogens is 301 g/mol. The van der Waals surface area contributed by atoms with Gasteiger partial charge >= 0.3 is 0 Å². The van der Waals surface area contributed by atoms with Gasteiger partial charge in [0.25, 0.3) is 0 Å². The maximum atomic E-state index is 13.6. The molecule has 1 aromatic heterocycles. The molecule has 0 bridgehead atoms. The van der Waals surface area contributed by atoms with E-state index in [-0.39, 0.29) is 17.1 Å². The van der Waals surface area contributed by atoms with Crippen LogP contribution in [-0.2, 0) is 0 Å². The standard InChI is InChI=1S/C12H9F2N4PS/c1-20-12-17-10(6(5-15)11(19)18-12)16-9-7(13)3-2-4-8(9)14/h2-4H,19H2,1H3,(H,16,17,18). The van der Waals surface area contributed by atoms with Crippen LogP contribution in [-0.4, -0.2) is 16.2 Å². The number of nitriles is 1. The first-order valence-electron chi connectivity index (χ1n) is 5.39. The van der Waals surface area contributed by atoms with Gasteiger partial charge in [0.2, 0.25) is 0 Å². The van der Waals surface area contributed by atoms with Crippen LogP contribution in [0.4, 0.5) is 20.3 Å². The van der Waals surface area contributed by atoms with E-state index in [1.165, 1.54) is 17.8 Å². The Kier molecular flexibility index (Phi) is 4.48. The lowest BCUT2D eigenvalue weighted by molar-refractivity contribution is 0.590. The zero-order chi connectivity index (χ0) is 14.7. The predicted octanol–water partition coefficient (Wildman–Crippen LogP) is 2.59. The molecule has 4 nitrogen and oxygen atoms in total. The highest BCUT2D eigenvalue weighted by Gasteiger charge is 2.15. The summed E-state index contributed by atoms with van der Waals surface area (Å²) >= 11 is 1.26. The lowest BCUT2D eigenvalue weighted by atomic mass is 10.2. The number of thioether (sulfide) groups is 1. The van der Waals surface area contributed by atoms with Crippen LogP contribution in [0, 0.1) is 23.0 Å². The van der Waals surface area contributed by atoms with Crippen LogP contribution in [0.2, 0.25) is 0 Å². The Balaban J connectivity index is 2.53. The Morgan fingerprint density at radius 3 is 2.50 bits per heavy atom. The number of halogens is 2. The lowest BCUT2D eigenvalue weighted by Crippen LogP contribution is -2.12. The number of hydrogen-bond acceptors (Lipinski definition) is 5. The van der Waals surface area contributed by atoms with E-state index in [1.807, 2.05) is 6.07 Å². The summed E-state index contributed by atoms with van der Waals surface area (Å²) in [7, 11) is 2.31. The van der Waals surface area contributed by atoms with Gasteiger partial charge in [0, 0.05) is 0 Å². The molecule has 1 N–H and O–H groups in total. The zero-order valence-corrected chi connectivity index (χ0v) is 12.3. The van der Waals surface area contributed by atoms with Gasteiger partial charge < -0.3 is 5.32 Å². The van der Waals surface area contributed by atoms with Gasteiger partial charge in [0.1, 0.15) is 29.0 Å². The van der Waals surface area contributed by atoms with Gasteiger partial charge in [-0.2, -0.15) is 5.26 Å². The summed E-state index contributed by atoms with van der Waals surface area (Å²) in [6.07, 6.45) is 1.76. The Hall–Kier alpha value is -1.77. The van der Waals surface area contributed by atoms with Crippen molar-refractivity contribution >= 4 is 37.9 Å². The van der Waals surface area contributed by atoms with Crippen LogP contribution in [0.3, 0.4) is 0 Å². The molecule has 2 aromatic rings. The number of hydrogen-bond donors (Lipinski definition) is 1. The molecule has 1 atom stereocenters. The first kappa shape index (κ1) is 14.6. The molecule has 102 valence electrons. The molecule has 0 aliphatic heterocycles. The summed E-state index contributed by atoms with van der Waals surface area (Å²) in [4.78, 5) is 8.15. The fourth-order valence-electron chi connectivity index (χ4n) is 1.48. The number of nitrogens with zero attached hydrogens (tertiary/aromatic N) is 3. The van der Waals surface area contributed by atoms with Crippen LogP contribution in [0.15, 0.2) is 23.4 Å². The van der Waals surface area contributed by atoms with E-state index in [4.69, 9.17) is 5.26 Å². The van der Waals surface area contributed by atoms with Crippen LogP contribution in [0.1, 0.15) is 5.56 Å². The first-order chi connectivity index (χ1) is 9.56. The Bertz CT molecular complexity index is 682. The second-order valence-electron chi connectivity index (χ2n) is 3.65. The van der Waals surface area contributed by atoms with Gasteiger partial charge in [0.05, 0.1) is 5.44 Å². The van der Waals surface area contributed by atoms with E-state index in [0.717, 1.165) is 12.1 Å². The van der Waals surface area contributed by atoms with E-state index in [9.17, 15) is 8.78 Å². The van der Waals surface area contributed by atoms with E-state index < -0.39 is 11.6 Å². The summed E-state index contributed by atoms with van der Waals surface area (Å²) in [6.45, 7) is 0. The molecule has 0 fully saturated rings. The molecular formula is C12H9F2N4PS. The van der Waals surface area contributed by atoms with Crippen molar-refractivity contribution in [1.29, 1.82) is 5.26 Å². The minimum atomic E-state index is -0.761. The van der Waals surface area contributed by atoms with Crippen molar-refractivity contribution < 1.29 is 8.78 Å². The van der Waals surface area contributed by atoms with Gasteiger partial charge in [-0.25, -0.2) is 18.7 Å². The summed E-state index contributed by atoms with van der Waals surface area (Å²) in [5.74, 6) is -1.45. The summed E-state index contributed by atoms with van der Waals surface area (Å²) in [6, 6.07) is 5.41. The molecule has 0 amide bonds. The number of para-hydroxylation sites is 1. The predicted molar refractivity (Wildman–Crippen MR) is 77.5 cm³/mol. The molecule has 0 spiro atoms. The third kappa shape index (κ3) is 2.87. The van der Waals surface area contributed by atoms with Crippen molar-refractivity contribution in [2.45, 2.75) is 5.16 Å². The fourth-order valence-corrected chi connectivity index (χ4v) is 2.27. The van der Waals surface area contributed by atoms with E-state index >= 15 is 0 Å². The highest BCUT2D eigenvalue weighted by Crippen LogP contribution is 2.25. The third-order valence-electron chi connectivity index (χ3n) is 2.42. The quantitative estimate of drug-likeness (QED) is 0.536. The van der Waals surface area contributed by atoms with Crippen molar-refractivity contribution in [3.8, 4) is 6.07 Å². The normalized spacial score (nSPS) is 10.2. The van der Waals surface area contributed by atoms with Gasteiger partial charge in [-0.3, -0.25) is 0 Å². The van der Waals surface area contributed by atoms with Crippen LogP contribution < -0.4 is 10.8 Å². The van der Waals surface area contributed by atoms with Crippen molar-refractivity contribution in [3.05, 3.63) is 35.4 Å². The molecule has 0 saturated heterocycles. The molecule has 1 aromatic carbocycles. The monoisotopic (exact) mass is 310 g/mol. The van der Waals surface area contributed by atoms with Crippen LogP contribution in [0.25, 0.3) is 0 Å². The van der Waals surface area contributed by atoms with Crippen molar-refractivity contribution in [1.82, 2.24) is 9.97 Å². The molecule has 1 unspecified atom stereocenters. The highest BCUT2D eigenvalue weighted by atomic mass is 32.2. The molecule has 1 heterocycles. The van der Waals surface area contributed by atoms with E-state index in [0.29, 0.717) is 10.6 Å². The number of benzene rings is 1. The van der Waals surface area contributed by atoms with E-state index in [2.05, 4.69) is 24.5 Å². The van der Waals surface area contributed by atoms with Crippen molar-refractivity contribution in [2.24, 2.45) is 0 Å². The first-order valence-corrected chi connectivity index (χ1v) is 7.19. The number of rotatable bonds is 3.